The Morgan fingerprint density at radius 2 is 2.42 bits per heavy atom. The number of nitrogens with two attached hydrogens (primary N) is 1. The van der Waals surface area contributed by atoms with Crippen LogP contribution in [0.15, 0.2) is 24.5 Å². The van der Waals surface area contributed by atoms with Gasteiger partial charge in [-0.3, -0.25) is 4.98 Å². The van der Waals surface area contributed by atoms with Crippen LogP contribution in [0.3, 0.4) is 0 Å². The molecule has 2 rings (SSSR count). The molecule has 2 heterocycles. The molecule has 12 heavy (non-hydrogen) atoms. The third-order valence-corrected chi connectivity index (χ3v) is 1.93. The van der Waals surface area contributed by atoms with Gasteiger partial charge in [-0.25, -0.2) is 0 Å². The topological polar surface area (TPSA) is 54.7 Å². The maximum Gasteiger partial charge on any atom is 0.0487 e. The van der Waals surface area contributed by atoms with Crippen LogP contribution >= 0.6 is 0 Å². The number of hydrogen-bond donors (Lipinski definition) is 2. The number of hydrogen-bond acceptors (Lipinski definition) is 2. The Bertz CT molecular complexity index is 356. The van der Waals surface area contributed by atoms with E-state index < -0.39 is 0 Å². The molecule has 2 aromatic heterocycles. The van der Waals surface area contributed by atoms with E-state index in [0.717, 1.165) is 16.6 Å². The van der Waals surface area contributed by atoms with E-state index >= 15 is 0 Å². The molecular formula is C9H11N3. The van der Waals surface area contributed by atoms with Crippen LogP contribution in [-0.4, -0.2) is 9.97 Å². The van der Waals surface area contributed by atoms with Gasteiger partial charge in [0.1, 0.15) is 0 Å². The summed E-state index contributed by atoms with van der Waals surface area (Å²) in [6.07, 6.45) is 3.60. The van der Waals surface area contributed by atoms with Crippen LogP contribution in [0, 0.1) is 0 Å². The zero-order valence-electron chi connectivity index (χ0n) is 6.91. The molecule has 0 spiro atoms. The molecule has 0 amide bonds. The molecule has 0 saturated heterocycles. The molecular weight excluding hydrogens is 150 g/mol. The highest BCUT2D eigenvalue weighted by Crippen LogP contribution is 2.16. The van der Waals surface area contributed by atoms with Gasteiger partial charge < -0.3 is 10.7 Å². The molecule has 0 fully saturated rings. The van der Waals surface area contributed by atoms with Gasteiger partial charge >= 0.3 is 0 Å². The third-order valence-electron chi connectivity index (χ3n) is 1.93. The lowest BCUT2D eigenvalue weighted by Gasteiger charge is -1.98. The average Bonchev–Trinajstić information content (AvgIpc) is 2.46. The second-order valence-corrected chi connectivity index (χ2v) is 2.98. The highest BCUT2D eigenvalue weighted by molar-refractivity contribution is 5.79. The second-order valence-electron chi connectivity index (χ2n) is 2.98. The maximum atomic E-state index is 5.73. The van der Waals surface area contributed by atoms with Crippen molar-refractivity contribution in [2.45, 2.75) is 13.0 Å². The lowest BCUT2D eigenvalue weighted by Crippen LogP contribution is -2.04. The Balaban J connectivity index is 2.62. The number of aromatic nitrogens is 2. The van der Waals surface area contributed by atoms with Crippen molar-refractivity contribution in [2.75, 3.05) is 0 Å². The highest BCUT2D eigenvalue weighted by atomic mass is 14.8. The van der Waals surface area contributed by atoms with Crippen molar-refractivity contribution in [3.8, 4) is 0 Å². The van der Waals surface area contributed by atoms with Gasteiger partial charge in [0.15, 0.2) is 0 Å². The van der Waals surface area contributed by atoms with Crippen LogP contribution < -0.4 is 5.73 Å². The minimum atomic E-state index is 0.0531. The summed E-state index contributed by atoms with van der Waals surface area (Å²) in [6.45, 7) is 1.96. The van der Waals surface area contributed by atoms with Gasteiger partial charge in [-0.05, 0) is 19.1 Å². The molecule has 3 nitrogen and oxygen atoms in total. The van der Waals surface area contributed by atoms with Crippen molar-refractivity contribution >= 4 is 10.9 Å². The van der Waals surface area contributed by atoms with E-state index in [4.69, 9.17) is 5.73 Å². The van der Waals surface area contributed by atoms with Crippen molar-refractivity contribution in [1.29, 1.82) is 0 Å². The molecule has 0 saturated carbocycles. The summed E-state index contributed by atoms with van der Waals surface area (Å²) in [5.41, 5.74) is 7.87. The first-order chi connectivity index (χ1) is 5.77. The number of aromatic amines is 1. The van der Waals surface area contributed by atoms with Crippen molar-refractivity contribution in [3.63, 3.8) is 0 Å². The van der Waals surface area contributed by atoms with Gasteiger partial charge in [-0.15, -0.1) is 0 Å². The molecule has 2 aromatic rings. The van der Waals surface area contributed by atoms with E-state index in [2.05, 4.69) is 9.97 Å². The van der Waals surface area contributed by atoms with Crippen molar-refractivity contribution in [2.24, 2.45) is 5.73 Å². The Morgan fingerprint density at radius 1 is 1.58 bits per heavy atom. The molecule has 0 radical (unpaired) electrons. The van der Waals surface area contributed by atoms with Crippen LogP contribution in [0.5, 0.6) is 0 Å². The number of H-pyrrole nitrogens is 1. The van der Waals surface area contributed by atoms with Crippen LogP contribution in [-0.2, 0) is 0 Å². The largest absolute Gasteiger partial charge is 0.357 e. The van der Waals surface area contributed by atoms with E-state index in [1.807, 2.05) is 25.3 Å². The fourth-order valence-corrected chi connectivity index (χ4v) is 1.24. The van der Waals surface area contributed by atoms with Crippen LogP contribution in [0.1, 0.15) is 18.7 Å². The Morgan fingerprint density at radius 3 is 3.08 bits per heavy atom. The Hall–Kier alpha value is -1.35. The third kappa shape index (κ3) is 1.08. The zero-order chi connectivity index (χ0) is 8.55. The van der Waals surface area contributed by atoms with Gasteiger partial charge in [-0.2, -0.15) is 0 Å². The fourth-order valence-electron chi connectivity index (χ4n) is 1.24. The van der Waals surface area contributed by atoms with E-state index in [9.17, 15) is 0 Å². The van der Waals surface area contributed by atoms with Crippen molar-refractivity contribution in [1.82, 2.24) is 9.97 Å². The highest BCUT2D eigenvalue weighted by Gasteiger charge is 2.02. The van der Waals surface area contributed by atoms with Gasteiger partial charge in [0.05, 0.1) is 0 Å². The normalized spacial score (nSPS) is 13.5. The molecule has 0 aliphatic carbocycles. The van der Waals surface area contributed by atoms with Gasteiger partial charge in [0.25, 0.3) is 0 Å². The summed E-state index contributed by atoms with van der Waals surface area (Å²) in [7, 11) is 0. The zero-order valence-corrected chi connectivity index (χ0v) is 6.91. The fraction of sp³-hybridized carbons (Fsp3) is 0.222. The lowest BCUT2D eigenvalue weighted by molar-refractivity contribution is 0.792. The number of pyridine rings is 1. The van der Waals surface area contributed by atoms with Crippen LogP contribution in [0.25, 0.3) is 10.9 Å². The molecule has 0 bridgehead atoms. The van der Waals surface area contributed by atoms with Crippen LogP contribution in [0.2, 0.25) is 0 Å². The summed E-state index contributed by atoms with van der Waals surface area (Å²) in [6, 6.07) is 4.03. The molecule has 3 heteroatoms. The first-order valence-corrected chi connectivity index (χ1v) is 3.95. The van der Waals surface area contributed by atoms with E-state index in [1.54, 1.807) is 6.20 Å². The SMILES string of the molecule is CC(N)c1cc2cnccc2[nH]1. The van der Waals surface area contributed by atoms with Gasteiger partial charge in [0, 0.05) is 35.0 Å². The first-order valence-electron chi connectivity index (χ1n) is 3.95. The Kier molecular flexibility index (Phi) is 1.59. The molecule has 1 unspecified atom stereocenters. The molecule has 0 aliphatic heterocycles. The molecule has 62 valence electrons. The molecule has 3 N–H and O–H groups in total. The van der Waals surface area contributed by atoms with Gasteiger partial charge in [0.2, 0.25) is 0 Å². The second kappa shape index (κ2) is 2.60. The van der Waals surface area contributed by atoms with Crippen molar-refractivity contribution < 1.29 is 0 Å². The maximum absolute atomic E-state index is 5.73. The predicted molar refractivity (Wildman–Crippen MR) is 48.7 cm³/mol. The summed E-state index contributed by atoms with van der Waals surface area (Å²) in [5, 5.41) is 1.12. The number of nitrogens with zero attached hydrogens (tertiary/aromatic N) is 1. The smallest absolute Gasteiger partial charge is 0.0487 e. The molecule has 0 aliphatic rings. The minimum absolute atomic E-state index is 0.0531. The number of fused-ring (bicyclic) bond motifs is 1. The molecule has 0 aromatic carbocycles. The quantitative estimate of drug-likeness (QED) is 0.667. The number of rotatable bonds is 1. The summed E-state index contributed by atoms with van der Waals surface area (Å²) < 4.78 is 0. The van der Waals surface area contributed by atoms with Crippen LogP contribution in [0.4, 0.5) is 0 Å². The Labute approximate surface area is 70.6 Å². The average molecular weight is 161 g/mol. The summed E-state index contributed by atoms with van der Waals surface area (Å²) in [5.74, 6) is 0. The minimum Gasteiger partial charge on any atom is -0.357 e. The number of nitrogens with one attached hydrogen (secondary N) is 1. The van der Waals surface area contributed by atoms with Gasteiger partial charge in [-0.1, -0.05) is 0 Å². The summed E-state index contributed by atoms with van der Waals surface area (Å²) in [4.78, 5) is 7.25. The first kappa shape index (κ1) is 7.31. The summed E-state index contributed by atoms with van der Waals surface area (Å²) >= 11 is 0. The monoisotopic (exact) mass is 161 g/mol. The standard InChI is InChI=1S/C9H11N3/c1-6(10)9-4-7-5-11-3-2-8(7)12-9/h2-6,12H,10H2,1H3. The van der Waals surface area contributed by atoms with E-state index in [0.29, 0.717) is 0 Å². The van der Waals surface area contributed by atoms with E-state index in [1.165, 1.54) is 0 Å². The molecule has 1 atom stereocenters. The lowest BCUT2D eigenvalue weighted by atomic mass is 10.2. The van der Waals surface area contributed by atoms with E-state index in [-0.39, 0.29) is 6.04 Å². The predicted octanol–water partition coefficient (Wildman–Crippen LogP) is 1.58. The van der Waals surface area contributed by atoms with Crippen molar-refractivity contribution in [3.05, 3.63) is 30.2 Å².